The molecule has 3 N–H and O–H groups in total. The maximum atomic E-state index is 11.9. The molecule has 0 fully saturated rings. The van der Waals surface area contributed by atoms with Crippen LogP contribution in [0.2, 0.25) is 0 Å². The molecule has 0 aliphatic carbocycles. The fraction of sp³-hybridized carbons (Fsp3) is 0.143. The summed E-state index contributed by atoms with van der Waals surface area (Å²) in [6, 6.07) is 7.57. The van der Waals surface area contributed by atoms with Gasteiger partial charge in [-0.15, -0.1) is 0 Å². The van der Waals surface area contributed by atoms with E-state index in [4.69, 9.17) is 10.2 Å². The van der Waals surface area contributed by atoms with E-state index in [1.807, 2.05) is 31.2 Å². The van der Waals surface area contributed by atoms with Gasteiger partial charge in [0.25, 0.3) is 5.56 Å². The third-order valence-corrected chi connectivity index (χ3v) is 3.14. The smallest absolute Gasteiger partial charge is 0.256 e. The topological polar surface area (TPSA) is 84.9 Å². The molecule has 0 bridgehead atoms. The number of nitrogen functional groups attached to an aromatic ring is 1. The quantitative estimate of drug-likeness (QED) is 0.736. The molecule has 0 atom stereocenters. The Morgan fingerprint density at radius 2 is 2.16 bits per heavy atom. The summed E-state index contributed by atoms with van der Waals surface area (Å²) < 4.78 is 5.44. The average molecular weight is 255 g/mol. The first-order valence-corrected chi connectivity index (χ1v) is 6.06. The third-order valence-electron chi connectivity index (χ3n) is 3.14. The molecule has 3 rings (SSSR count). The van der Waals surface area contributed by atoms with E-state index >= 15 is 0 Å². The zero-order valence-corrected chi connectivity index (χ0v) is 10.4. The third kappa shape index (κ3) is 1.79. The molecule has 96 valence electrons. The van der Waals surface area contributed by atoms with Gasteiger partial charge < -0.3 is 15.1 Å². The van der Waals surface area contributed by atoms with Gasteiger partial charge in [0.2, 0.25) is 0 Å². The van der Waals surface area contributed by atoms with Crippen LogP contribution in [-0.2, 0) is 6.42 Å². The maximum Gasteiger partial charge on any atom is 0.256 e. The molecule has 0 aliphatic heterocycles. The van der Waals surface area contributed by atoms with Crippen LogP contribution in [0.4, 0.5) is 5.82 Å². The number of fused-ring (bicyclic) bond motifs is 1. The SMILES string of the molecule is CCc1c(N)nc(-c2coc3ccccc23)[nH]c1=O. The van der Waals surface area contributed by atoms with Crippen molar-refractivity contribution < 1.29 is 4.42 Å². The summed E-state index contributed by atoms with van der Waals surface area (Å²) in [6.07, 6.45) is 2.13. The minimum absolute atomic E-state index is 0.199. The van der Waals surface area contributed by atoms with Crippen molar-refractivity contribution in [1.29, 1.82) is 0 Å². The van der Waals surface area contributed by atoms with Crippen LogP contribution >= 0.6 is 0 Å². The van der Waals surface area contributed by atoms with Crippen molar-refractivity contribution in [2.24, 2.45) is 0 Å². The Hall–Kier alpha value is -2.56. The monoisotopic (exact) mass is 255 g/mol. The highest BCUT2D eigenvalue weighted by Gasteiger charge is 2.13. The minimum atomic E-state index is -0.199. The molecule has 0 unspecified atom stereocenters. The summed E-state index contributed by atoms with van der Waals surface area (Å²) >= 11 is 0. The number of H-pyrrole nitrogens is 1. The van der Waals surface area contributed by atoms with E-state index in [0.29, 0.717) is 17.8 Å². The highest BCUT2D eigenvalue weighted by Crippen LogP contribution is 2.28. The number of aromatic nitrogens is 2. The lowest BCUT2D eigenvalue weighted by Crippen LogP contribution is -2.17. The Balaban J connectivity index is 2.25. The second-order valence-electron chi connectivity index (χ2n) is 4.28. The van der Waals surface area contributed by atoms with Gasteiger partial charge in [-0.1, -0.05) is 25.1 Å². The summed E-state index contributed by atoms with van der Waals surface area (Å²) in [5, 5.41) is 0.897. The van der Waals surface area contributed by atoms with Crippen LogP contribution in [-0.4, -0.2) is 9.97 Å². The standard InChI is InChI=1S/C14H13N3O2/c1-2-8-12(15)16-13(17-14(8)18)10-7-19-11-6-4-3-5-9(10)11/h3-7H,2H2,1H3,(H3,15,16,17,18). The van der Waals surface area contributed by atoms with E-state index in [2.05, 4.69) is 9.97 Å². The minimum Gasteiger partial charge on any atom is -0.464 e. The predicted molar refractivity (Wildman–Crippen MR) is 73.9 cm³/mol. The van der Waals surface area contributed by atoms with Gasteiger partial charge in [0.05, 0.1) is 11.1 Å². The van der Waals surface area contributed by atoms with Crippen LogP contribution in [0.25, 0.3) is 22.4 Å². The van der Waals surface area contributed by atoms with Crippen molar-refractivity contribution in [2.75, 3.05) is 5.73 Å². The molecule has 0 amide bonds. The Bertz CT molecular complexity index is 802. The first kappa shape index (κ1) is 11.5. The van der Waals surface area contributed by atoms with Gasteiger partial charge in [0.1, 0.15) is 23.5 Å². The molecule has 0 saturated carbocycles. The van der Waals surface area contributed by atoms with E-state index < -0.39 is 0 Å². The lowest BCUT2D eigenvalue weighted by molar-refractivity contribution is 0.616. The molecule has 1 aromatic carbocycles. The van der Waals surface area contributed by atoms with Gasteiger partial charge in [-0.3, -0.25) is 4.79 Å². The van der Waals surface area contributed by atoms with Gasteiger partial charge in [0.15, 0.2) is 0 Å². The van der Waals surface area contributed by atoms with Gasteiger partial charge >= 0.3 is 0 Å². The Morgan fingerprint density at radius 3 is 2.89 bits per heavy atom. The maximum absolute atomic E-state index is 11.9. The average Bonchev–Trinajstić information content (AvgIpc) is 2.82. The molecule has 5 nitrogen and oxygen atoms in total. The number of rotatable bonds is 2. The number of aromatic amines is 1. The number of para-hydroxylation sites is 1. The molecule has 3 aromatic rings. The van der Waals surface area contributed by atoms with E-state index in [9.17, 15) is 4.79 Å². The largest absolute Gasteiger partial charge is 0.464 e. The van der Waals surface area contributed by atoms with Crippen molar-refractivity contribution in [1.82, 2.24) is 9.97 Å². The zero-order chi connectivity index (χ0) is 13.4. The summed E-state index contributed by atoms with van der Waals surface area (Å²) in [6.45, 7) is 1.87. The van der Waals surface area contributed by atoms with Crippen molar-refractivity contribution in [3.8, 4) is 11.4 Å². The van der Waals surface area contributed by atoms with Crippen LogP contribution in [0.5, 0.6) is 0 Å². The first-order valence-electron chi connectivity index (χ1n) is 6.06. The number of anilines is 1. The lowest BCUT2D eigenvalue weighted by atomic mass is 10.1. The second-order valence-corrected chi connectivity index (χ2v) is 4.28. The number of nitrogens with two attached hydrogens (primary N) is 1. The van der Waals surface area contributed by atoms with Gasteiger partial charge in [-0.05, 0) is 12.5 Å². The molecule has 0 radical (unpaired) electrons. The fourth-order valence-electron chi connectivity index (χ4n) is 2.15. The van der Waals surface area contributed by atoms with E-state index in [-0.39, 0.29) is 11.4 Å². The summed E-state index contributed by atoms with van der Waals surface area (Å²) in [5.74, 6) is 0.705. The summed E-state index contributed by atoms with van der Waals surface area (Å²) in [5.41, 5.74) is 7.62. The highest BCUT2D eigenvalue weighted by molar-refractivity contribution is 5.92. The summed E-state index contributed by atoms with van der Waals surface area (Å²) in [4.78, 5) is 18.9. The predicted octanol–water partition coefficient (Wildman–Crippen LogP) is 2.33. The molecule has 19 heavy (non-hydrogen) atoms. The molecule has 0 aliphatic rings. The normalized spacial score (nSPS) is 11.0. The highest BCUT2D eigenvalue weighted by atomic mass is 16.3. The zero-order valence-electron chi connectivity index (χ0n) is 10.4. The number of nitrogens with one attached hydrogen (secondary N) is 1. The summed E-state index contributed by atoms with van der Waals surface area (Å²) in [7, 11) is 0. The van der Waals surface area contributed by atoms with Gasteiger partial charge in [-0.2, -0.15) is 0 Å². The van der Waals surface area contributed by atoms with E-state index in [0.717, 1.165) is 16.5 Å². The van der Waals surface area contributed by atoms with Crippen molar-refractivity contribution in [3.63, 3.8) is 0 Å². The van der Waals surface area contributed by atoms with E-state index in [1.54, 1.807) is 6.26 Å². The number of hydrogen-bond acceptors (Lipinski definition) is 4. The Morgan fingerprint density at radius 1 is 1.37 bits per heavy atom. The van der Waals surface area contributed by atoms with Crippen LogP contribution in [0.3, 0.4) is 0 Å². The van der Waals surface area contributed by atoms with Gasteiger partial charge in [-0.25, -0.2) is 4.98 Å². The first-order chi connectivity index (χ1) is 9.20. The molecular weight excluding hydrogens is 242 g/mol. The molecular formula is C14H13N3O2. The number of furan rings is 1. The lowest BCUT2D eigenvalue weighted by Gasteiger charge is -2.03. The van der Waals surface area contributed by atoms with Gasteiger partial charge in [0, 0.05) is 5.39 Å². The molecule has 0 spiro atoms. The van der Waals surface area contributed by atoms with Crippen molar-refractivity contribution in [2.45, 2.75) is 13.3 Å². The molecule has 2 aromatic heterocycles. The number of nitrogens with zero attached hydrogens (tertiary/aromatic N) is 1. The number of benzene rings is 1. The molecule has 5 heteroatoms. The van der Waals surface area contributed by atoms with Crippen molar-refractivity contribution in [3.05, 3.63) is 46.4 Å². The van der Waals surface area contributed by atoms with Crippen LogP contribution in [0.15, 0.2) is 39.7 Å². The Labute approximate surface area is 109 Å². The van der Waals surface area contributed by atoms with Crippen molar-refractivity contribution >= 4 is 16.8 Å². The van der Waals surface area contributed by atoms with Crippen LogP contribution < -0.4 is 11.3 Å². The molecule has 0 saturated heterocycles. The second kappa shape index (κ2) is 4.28. The van der Waals surface area contributed by atoms with Crippen LogP contribution in [0, 0.1) is 0 Å². The Kier molecular flexibility index (Phi) is 2.59. The molecule has 2 heterocycles. The number of hydrogen-bond donors (Lipinski definition) is 2. The fourth-order valence-corrected chi connectivity index (χ4v) is 2.15. The van der Waals surface area contributed by atoms with E-state index in [1.165, 1.54) is 0 Å². The van der Waals surface area contributed by atoms with Crippen LogP contribution in [0.1, 0.15) is 12.5 Å².